The summed E-state index contributed by atoms with van der Waals surface area (Å²) < 4.78 is 12.1. The predicted octanol–water partition coefficient (Wildman–Crippen LogP) is 2.95. The molecular weight excluding hydrogens is 254 g/mol. The van der Waals surface area contributed by atoms with Crippen molar-refractivity contribution in [3.05, 3.63) is 52.8 Å². The van der Waals surface area contributed by atoms with Crippen molar-refractivity contribution in [3.8, 4) is 5.75 Å². The number of rotatable bonds is 4. The minimum atomic E-state index is -0.293. The summed E-state index contributed by atoms with van der Waals surface area (Å²) in [4.78, 5) is 11.7. The molecule has 0 unspecified atom stereocenters. The third-order valence-electron chi connectivity index (χ3n) is 3.48. The largest absolute Gasteiger partial charge is 0.497 e. The molecule has 0 spiro atoms. The zero-order valence-electron chi connectivity index (χ0n) is 12.3. The topological polar surface area (TPSA) is 40.5 Å². The molecule has 0 saturated carbocycles. The van der Waals surface area contributed by atoms with E-state index in [9.17, 15) is 4.79 Å². The van der Waals surface area contributed by atoms with Crippen molar-refractivity contribution in [2.24, 2.45) is 0 Å². The maximum atomic E-state index is 11.7. The van der Waals surface area contributed by atoms with Crippen LogP contribution in [0.1, 0.15) is 27.3 Å². The summed E-state index contributed by atoms with van der Waals surface area (Å²) >= 11 is 0. The summed E-state index contributed by atoms with van der Waals surface area (Å²) in [7, 11) is 3.05. The Labute approximate surface area is 118 Å². The second kappa shape index (κ2) is 5.82. The molecule has 0 radical (unpaired) electrons. The van der Waals surface area contributed by atoms with E-state index in [2.05, 4.69) is 4.57 Å². The number of carbonyl (C=O) groups is 1. The Morgan fingerprint density at radius 2 is 1.80 bits per heavy atom. The van der Waals surface area contributed by atoms with Crippen LogP contribution in [0.2, 0.25) is 0 Å². The zero-order valence-corrected chi connectivity index (χ0v) is 12.3. The maximum Gasteiger partial charge on any atom is 0.339 e. The number of ether oxygens (including phenoxy) is 2. The lowest BCUT2D eigenvalue weighted by molar-refractivity contribution is 0.0600. The van der Waals surface area contributed by atoms with Gasteiger partial charge in [0.05, 0.1) is 19.8 Å². The minimum absolute atomic E-state index is 0.293. The van der Waals surface area contributed by atoms with Crippen molar-refractivity contribution in [1.82, 2.24) is 4.57 Å². The molecular formula is C16H19NO3. The van der Waals surface area contributed by atoms with Gasteiger partial charge in [0.15, 0.2) is 0 Å². The lowest BCUT2D eigenvalue weighted by Gasteiger charge is -2.10. The highest BCUT2D eigenvalue weighted by atomic mass is 16.5. The summed E-state index contributed by atoms with van der Waals surface area (Å²) in [6.45, 7) is 4.64. The molecule has 0 amide bonds. The van der Waals surface area contributed by atoms with Gasteiger partial charge in [0, 0.05) is 17.9 Å². The first-order valence-electron chi connectivity index (χ1n) is 6.44. The Hall–Kier alpha value is -2.23. The van der Waals surface area contributed by atoms with Gasteiger partial charge >= 0.3 is 5.97 Å². The number of nitrogens with zero attached hydrogens (tertiary/aromatic N) is 1. The number of aromatic nitrogens is 1. The van der Waals surface area contributed by atoms with E-state index in [1.165, 1.54) is 7.11 Å². The Balaban J connectivity index is 2.28. The predicted molar refractivity (Wildman–Crippen MR) is 77.3 cm³/mol. The van der Waals surface area contributed by atoms with Gasteiger partial charge < -0.3 is 14.0 Å². The van der Waals surface area contributed by atoms with Crippen molar-refractivity contribution in [2.45, 2.75) is 20.4 Å². The highest BCUT2D eigenvalue weighted by Crippen LogP contribution is 2.19. The molecule has 1 heterocycles. The second-order valence-corrected chi connectivity index (χ2v) is 4.71. The number of esters is 1. The number of aryl methyl sites for hydroxylation is 1. The molecule has 4 heteroatoms. The van der Waals surface area contributed by atoms with Crippen molar-refractivity contribution >= 4 is 5.97 Å². The van der Waals surface area contributed by atoms with Crippen LogP contribution in [0, 0.1) is 13.8 Å². The van der Waals surface area contributed by atoms with Crippen LogP contribution < -0.4 is 4.74 Å². The quantitative estimate of drug-likeness (QED) is 0.804. The van der Waals surface area contributed by atoms with Crippen molar-refractivity contribution < 1.29 is 14.3 Å². The molecule has 0 bridgehead atoms. The monoisotopic (exact) mass is 273 g/mol. The van der Waals surface area contributed by atoms with Crippen molar-refractivity contribution in [2.75, 3.05) is 14.2 Å². The first-order valence-corrected chi connectivity index (χ1v) is 6.44. The van der Waals surface area contributed by atoms with E-state index in [1.807, 2.05) is 44.2 Å². The average Bonchev–Trinajstić information content (AvgIpc) is 2.75. The van der Waals surface area contributed by atoms with Crippen LogP contribution in [0.15, 0.2) is 30.3 Å². The maximum absolute atomic E-state index is 11.7. The van der Waals surface area contributed by atoms with E-state index in [4.69, 9.17) is 9.47 Å². The number of benzene rings is 1. The number of hydrogen-bond donors (Lipinski definition) is 0. The highest BCUT2D eigenvalue weighted by Gasteiger charge is 2.15. The smallest absolute Gasteiger partial charge is 0.339 e. The molecule has 0 aliphatic carbocycles. The van der Waals surface area contributed by atoms with Crippen LogP contribution in [0.4, 0.5) is 0 Å². The van der Waals surface area contributed by atoms with Gasteiger partial charge in [-0.3, -0.25) is 0 Å². The zero-order chi connectivity index (χ0) is 14.7. The Bertz CT molecular complexity index is 611. The molecule has 1 aromatic heterocycles. The molecule has 0 fully saturated rings. The fraction of sp³-hybridized carbons (Fsp3) is 0.312. The molecule has 0 aliphatic heterocycles. The molecule has 20 heavy (non-hydrogen) atoms. The average molecular weight is 273 g/mol. The molecule has 1 aromatic carbocycles. The number of methoxy groups -OCH3 is 2. The van der Waals surface area contributed by atoms with Gasteiger partial charge in [-0.1, -0.05) is 12.1 Å². The van der Waals surface area contributed by atoms with Crippen LogP contribution >= 0.6 is 0 Å². The summed E-state index contributed by atoms with van der Waals surface area (Å²) in [6, 6.07) is 9.78. The molecule has 106 valence electrons. The Morgan fingerprint density at radius 1 is 1.15 bits per heavy atom. The van der Waals surface area contributed by atoms with Crippen LogP contribution in [-0.4, -0.2) is 24.8 Å². The second-order valence-electron chi connectivity index (χ2n) is 4.71. The Kier molecular flexibility index (Phi) is 4.13. The molecule has 4 nitrogen and oxygen atoms in total. The molecule has 0 aliphatic rings. The van der Waals surface area contributed by atoms with Gasteiger partial charge in [-0.2, -0.15) is 0 Å². The van der Waals surface area contributed by atoms with E-state index >= 15 is 0 Å². The van der Waals surface area contributed by atoms with Crippen molar-refractivity contribution in [1.29, 1.82) is 0 Å². The van der Waals surface area contributed by atoms with Gasteiger partial charge in [-0.05, 0) is 37.6 Å². The van der Waals surface area contributed by atoms with Crippen molar-refractivity contribution in [3.63, 3.8) is 0 Å². The van der Waals surface area contributed by atoms with Gasteiger partial charge in [-0.15, -0.1) is 0 Å². The minimum Gasteiger partial charge on any atom is -0.497 e. The first-order chi connectivity index (χ1) is 9.56. The first kappa shape index (κ1) is 14.2. The van der Waals surface area contributed by atoms with Crippen LogP contribution in [-0.2, 0) is 11.3 Å². The lowest BCUT2D eigenvalue weighted by atomic mass is 10.2. The summed E-state index contributed by atoms with van der Waals surface area (Å²) in [6.07, 6.45) is 0. The van der Waals surface area contributed by atoms with Gasteiger partial charge in [-0.25, -0.2) is 4.79 Å². The standard InChI is InChI=1S/C16H19NO3/c1-11-9-15(16(18)20-4)12(2)17(11)10-13-5-7-14(19-3)8-6-13/h5-9H,10H2,1-4H3. The summed E-state index contributed by atoms with van der Waals surface area (Å²) in [5.41, 5.74) is 3.74. The van der Waals surface area contributed by atoms with E-state index < -0.39 is 0 Å². The molecule has 2 aromatic rings. The summed E-state index contributed by atoms with van der Waals surface area (Å²) in [5, 5.41) is 0. The van der Waals surface area contributed by atoms with E-state index in [1.54, 1.807) is 7.11 Å². The lowest BCUT2D eigenvalue weighted by Crippen LogP contribution is -2.07. The third-order valence-corrected chi connectivity index (χ3v) is 3.48. The normalized spacial score (nSPS) is 10.4. The fourth-order valence-corrected chi connectivity index (χ4v) is 2.27. The molecule has 0 saturated heterocycles. The molecule has 2 rings (SSSR count). The third kappa shape index (κ3) is 2.69. The van der Waals surface area contributed by atoms with Crippen LogP contribution in [0.25, 0.3) is 0 Å². The van der Waals surface area contributed by atoms with E-state index in [-0.39, 0.29) is 5.97 Å². The SMILES string of the molecule is COC(=O)c1cc(C)n(Cc2ccc(OC)cc2)c1C. The fourth-order valence-electron chi connectivity index (χ4n) is 2.27. The highest BCUT2D eigenvalue weighted by molar-refractivity contribution is 5.91. The van der Waals surface area contributed by atoms with Crippen LogP contribution in [0.3, 0.4) is 0 Å². The van der Waals surface area contributed by atoms with Gasteiger partial charge in [0.2, 0.25) is 0 Å². The number of carbonyl (C=O) groups excluding carboxylic acids is 1. The van der Waals surface area contributed by atoms with Gasteiger partial charge in [0.1, 0.15) is 5.75 Å². The Morgan fingerprint density at radius 3 is 2.35 bits per heavy atom. The van der Waals surface area contributed by atoms with E-state index in [0.29, 0.717) is 5.56 Å². The molecule has 0 atom stereocenters. The van der Waals surface area contributed by atoms with Gasteiger partial charge in [0.25, 0.3) is 0 Å². The van der Waals surface area contributed by atoms with Crippen LogP contribution in [0.5, 0.6) is 5.75 Å². The summed E-state index contributed by atoms with van der Waals surface area (Å²) in [5.74, 6) is 0.545. The number of hydrogen-bond acceptors (Lipinski definition) is 3. The van der Waals surface area contributed by atoms with E-state index in [0.717, 1.165) is 29.2 Å². The molecule has 0 N–H and O–H groups in total.